The summed E-state index contributed by atoms with van der Waals surface area (Å²) in [6, 6.07) is 6.56. The van der Waals surface area contributed by atoms with E-state index in [1.165, 1.54) is 12.4 Å². The molecule has 0 bridgehead atoms. The van der Waals surface area contributed by atoms with E-state index in [4.69, 9.17) is 0 Å². The van der Waals surface area contributed by atoms with Crippen LogP contribution in [0.4, 0.5) is 11.5 Å². The van der Waals surface area contributed by atoms with Crippen molar-refractivity contribution in [1.29, 1.82) is 0 Å². The predicted octanol–water partition coefficient (Wildman–Crippen LogP) is 1.65. The molecule has 0 aliphatic carbocycles. The van der Waals surface area contributed by atoms with Gasteiger partial charge in [-0.1, -0.05) is 12.1 Å². The number of hydrogen-bond donors (Lipinski definition) is 3. The molecule has 3 aromatic rings. The normalized spacial score (nSPS) is 12.3. The molecule has 0 spiro atoms. The molecule has 1 unspecified atom stereocenters. The molecule has 0 aliphatic rings. The van der Waals surface area contributed by atoms with E-state index in [1.807, 2.05) is 0 Å². The predicted molar refractivity (Wildman–Crippen MR) is 83.7 cm³/mol. The van der Waals surface area contributed by atoms with E-state index in [1.54, 1.807) is 36.0 Å². The van der Waals surface area contributed by atoms with Crippen molar-refractivity contribution < 1.29 is 15.0 Å². The van der Waals surface area contributed by atoms with E-state index in [2.05, 4.69) is 20.3 Å². The van der Waals surface area contributed by atoms with Crippen molar-refractivity contribution >= 4 is 28.6 Å². The summed E-state index contributed by atoms with van der Waals surface area (Å²) < 4.78 is 1.72. The summed E-state index contributed by atoms with van der Waals surface area (Å²) in [5.74, 6) is -0.619. The van der Waals surface area contributed by atoms with Gasteiger partial charge in [0.25, 0.3) is 0 Å². The molecule has 0 amide bonds. The lowest BCUT2D eigenvalue weighted by atomic mass is 10.2. The molecule has 8 heteroatoms. The second kappa shape index (κ2) is 6.01. The van der Waals surface area contributed by atoms with Crippen LogP contribution in [0.3, 0.4) is 0 Å². The van der Waals surface area contributed by atoms with Crippen LogP contribution in [0.2, 0.25) is 0 Å². The van der Waals surface area contributed by atoms with Crippen molar-refractivity contribution in [2.75, 3.05) is 5.32 Å². The molecule has 0 saturated carbocycles. The van der Waals surface area contributed by atoms with Crippen LogP contribution in [0.5, 0.6) is 0 Å². The molecule has 0 fully saturated rings. The average molecular weight is 313 g/mol. The first kappa shape index (κ1) is 14.9. The summed E-state index contributed by atoms with van der Waals surface area (Å²) in [6.07, 6.45) is 2.40. The SMILES string of the molecule is CC(O)Cn1cnc2c(Nc3ccccc3C(=O)O)ncnc21. The lowest BCUT2D eigenvalue weighted by molar-refractivity contribution is 0.0698. The van der Waals surface area contributed by atoms with E-state index in [9.17, 15) is 15.0 Å². The molecule has 2 heterocycles. The Kier molecular flexibility index (Phi) is 3.90. The first-order valence-corrected chi connectivity index (χ1v) is 6.99. The largest absolute Gasteiger partial charge is 0.478 e. The van der Waals surface area contributed by atoms with E-state index < -0.39 is 12.1 Å². The van der Waals surface area contributed by atoms with Gasteiger partial charge < -0.3 is 20.1 Å². The van der Waals surface area contributed by atoms with E-state index in [0.717, 1.165) is 0 Å². The molecular weight excluding hydrogens is 298 g/mol. The van der Waals surface area contributed by atoms with Gasteiger partial charge in [-0.25, -0.2) is 19.7 Å². The van der Waals surface area contributed by atoms with Crippen LogP contribution in [-0.4, -0.2) is 41.8 Å². The zero-order valence-corrected chi connectivity index (χ0v) is 12.3. The number of carbonyl (C=O) groups is 1. The average Bonchev–Trinajstić information content (AvgIpc) is 2.91. The van der Waals surface area contributed by atoms with Crippen LogP contribution in [-0.2, 0) is 6.54 Å². The Morgan fingerprint density at radius 1 is 1.30 bits per heavy atom. The maximum atomic E-state index is 11.3. The third-order valence-electron chi connectivity index (χ3n) is 3.27. The number of imidazole rings is 1. The number of nitrogens with one attached hydrogen (secondary N) is 1. The lowest BCUT2D eigenvalue weighted by Crippen LogP contribution is -2.11. The number of carboxylic acids is 1. The Morgan fingerprint density at radius 3 is 2.83 bits per heavy atom. The van der Waals surface area contributed by atoms with Gasteiger partial charge in [0.2, 0.25) is 0 Å². The van der Waals surface area contributed by atoms with Crippen LogP contribution >= 0.6 is 0 Å². The highest BCUT2D eigenvalue weighted by molar-refractivity contribution is 5.96. The molecule has 3 rings (SSSR count). The van der Waals surface area contributed by atoms with Crippen molar-refractivity contribution in [3.8, 4) is 0 Å². The van der Waals surface area contributed by atoms with Crippen molar-refractivity contribution in [1.82, 2.24) is 19.5 Å². The zero-order valence-electron chi connectivity index (χ0n) is 12.3. The fraction of sp³-hybridized carbons (Fsp3) is 0.200. The van der Waals surface area contributed by atoms with Crippen LogP contribution in [0.25, 0.3) is 11.2 Å². The fourth-order valence-electron chi connectivity index (χ4n) is 2.30. The minimum absolute atomic E-state index is 0.141. The number of aromatic carboxylic acids is 1. The van der Waals surface area contributed by atoms with E-state index in [0.29, 0.717) is 29.2 Å². The van der Waals surface area contributed by atoms with Gasteiger partial charge in [-0.15, -0.1) is 0 Å². The van der Waals surface area contributed by atoms with E-state index >= 15 is 0 Å². The first-order valence-electron chi connectivity index (χ1n) is 6.99. The van der Waals surface area contributed by atoms with Crippen LogP contribution in [0, 0.1) is 0 Å². The maximum Gasteiger partial charge on any atom is 0.337 e. The zero-order chi connectivity index (χ0) is 16.4. The van der Waals surface area contributed by atoms with Gasteiger partial charge in [-0.3, -0.25) is 0 Å². The lowest BCUT2D eigenvalue weighted by Gasteiger charge is -2.09. The molecule has 0 saturated heterocycles. The summed E-state index contributed by atoms with van der Waals surface area (Å²) in [5.41, 5.74) is 1.64. The number of para-hydroxylation sites is 1. The summed E-state index contributed by atoms with van der Waals surface area (Å²) in [6.45, 7) is 2.04. The number of carboxylic acid groups (broad SMARTS) is 1. The fourth-order valence-corrected chi connectivity index (χ4v) is 2.30. The first-order chi connectivity index (χ1) is 11.1. The Hall–Kier alpha value is -3.00. The van der Waals surface area contributed by atoms with Crippen molar-refractivity contribution in [3.63, 3.8) is 0 Å². The second-order valence-electron chi connectivity index (χ2n) is 5.12. The third kappa shape index (κ3) is 2.97. The number of aliphatic hydroxyl groups is 1. The molecule has 8 nitrogen and oxygen atoms in total. The second-order valence-corrected chi connectivity index (χ2v) is 5.12. The highest BCUT2D eigenvalue weighted by Crippen LogP contribution is 2.24. The third-order valence-corrected chi connectivity index (χ3v) is 3.27. The topological polar surface area (TPSA) is 113 Å². The van der Waals surface area contributed by atoms with Gasteiger partial charge in [-0.2, -0.15) is 0 Å². The number of rotatable bonds is 5. The minimum Gasteiger partial charge on any atom is -0.478 e. The summed E-state index contributed by atoms with van der Waals surface area (Å²) >= 11 is 0. The maximum absolute atomic E-state index is 11.3. The van der Waals surface area contributed by atoms with Gasteiger partial charge in [0, 0.05) is 0 Å². The molecule has 1 aromatic carbocycles. The summed E-state index contributed by atoms with van der Waals surface area (Å²) in [4.78, 5) is 23.9. The molecule has 0 aliphatic heterocycles. The Labute approximate surface area is 131 Å². The number of aliphatic hydroxyl groups excluding tert-OH is 1. The number of nitrogens with zero attached hydrogens (tertiary/aromatic N) is 4. The van der Waals surface area contributed by atoms with Crippen LogP contribution in [0.15, 0.2) is 36.9 Å². The van der Waals surface area contributed by atoms with Crippen molar-refractivity contribution in [3.05, 3.63) is 42.5 Å². The molecular formula is C15H15N5O3. The Bertz CT molecular complexity index is 859. The standard InChI is InChI=1S/C15H15N5O3/c1-9(21)6-20-8-18-12-13(16-7-17-14(12)20)19-11-5-3-2-4-10(11)15(22)23/h2-5,7-9,21H,6H2,1H3,(H,22,23)(H,16,17,19). The van der Waals surface area contributed by atoms with Crippen molar-refractivity contribution in [2.45, 2.75) is 19.6 Å². The van der Waals surface area contributed by atoms with Crippen molar-refractivity contribution in [2.24, 2.45) is 0 Å². The number of benzene rings is 1. The summed E-state index contributed by atoms with van der Waals surface area (Å²) in [5, 5.41) is 21.7. The Balaban J connectivity index is 2.01. The van der Waals surface area contributed by atoms with Gasteiger partial charge in [0.15, 0.2) is 17.0 Å². The molecule has 1 atom stereocenters. The number of hydrogen-bond acceptors (Lipinski definition) is 6. The van der Waals surface area contributed by atoms with Gasteiger partial charge in [-0.05, 0) is 19.1 Å². The van der Waals surface area contributed by atoms with Crippen LogP contribution < -0.4 is 5.32 Å². The van der Waals surface area contributed by atoms with E-state index in [-0.39, 0.29) is 5.56 Å². The quantitative estimate of drug-likeness (QED) is 0.656. The molecule has 23 heavy (non-hydrogen) atoms. The molecule has 3 N–H and O–H groups in total. The number of fused-ring (bicyclic) bond motifs is 1. The number of aromatic nitrogens is 4. The number of anilines is 2. The molecule has 118 valence electrons. The molecule has 2 aromatic heterocycles. The van der Waals surface area contributed by atoms with Gasteiger partial charge in [0.1, 0.15) is 6.33 Å². The smallest absolute Gasteiger partial charge is 0.337 e. The van der Waals surface area contributed by atoms with Gasteiger partial charge in [0.05, 0.1) is 30.2 Å². The highest BCUT2D eigenvalue weighted by Gasteiger charge is 2.14. The highest BCUT2D eigenvalue weighted by atomic mass is 16.4. The minimum atomic E-state index is -1.03. The Morgan fingerprint density at radius 2 is 2.09 bits per heavy atom. The summed E-state index contributed by atoms with van der Waals surface area (Å²) in [7, 11) is 0. The van der Waals surface area contributed by atoms with Gasteiger partial charge >= 0.3 is 5.97 Å². The molecule has 0 radical (unpaired) electrons. The van der Waals surface area contributed by atoms with Crippen LogP contribution in [0.1, 0.15) is 17.3 Å². The monoisotopic (exact) mass is 313 g/mol.